The quantitative estimate of drug-likeness (QED) is 0.162. The molecule has 0 bridgehead atoms. The molecule has 1 aliphatic heterocycles. The van der Waals surface area contributed by atoms with Crippen LogP contribution < -0.4 is 9.47 Å². The predicted molar refractivity (Wildman–Crippen MR) is 154 cm³/mol. The molecule has 206 valence electrons. The summed E-state index contributed by atoms with van der Waals surface area (Å²) >= 11 is 3.40. The highest BCUT2D eigenvalue weighted by Gasteiger charge is 2.47. The summed E-state index contributed by atoms with van der Waals surface area (Å²) in [7, 11) is 3.11. The van der Waals surface area contributed by atoms with E-state index in [-0.39, 0.29) is 11.3 Å². The number of carbonyl (C=O) groups is 2. The first-order valence-electron chi connectivity index (χ1n) is 13.3. The summed E-state index contributed by atoms with van der Waals surface area (Å²) in [5, 5.41) is 11.3. The van der Waals surface area contributed by atoms with Gasteiger partial charge in [0.05, 0.1) is 25.8 Å². The number of hydrogen-bond acceptors (Lipinski definition) is 6. The number of hydrogen-bond donors (Lipinski definition) is 1. The summed E-state index contributed by atoms with van der Waals surface area (Å²) in [5.41, 5.74) is 1.11. The van der Waals surface area contributed by atoms with Gasteiger partial charge in [0.1, 0.15) is 17.3 Å². The monoisotopic (exact) mass is 586 g/mol. The van der Waals surface area contributed by atoms with E-state index in [1.54, 1.807) is 61.6 Å². The Bertz CT molecular complexity index is 1120. The second kappa shape index (κ2) is 14.4. The number of methoxy groups -OCH3 is 2. The van der Waals surface area contributed by atoms with Crippen molar-refractivity contribution in [3.05, 3.63) is 63.6 Å². The fraction of sp³-hybridized carbons (Fsp3) is 0.467. The fourth-order valence-corrected chi connectivity index (χ4v) is 5.08. The van der Waals surface area contributed by atoms with Crippen LogP contribution in [0.1, 0.15) is 63.1 Å². The van der Waals surface area contributed by atoms with Gasteiger partial charge in [0.15, 0.2) is 0 Å². The Morgan fingerprint density at radius 3 is 2.16 bits per heavy atom. The van der Waals surface area contributed by atoms with Gasteiger partial charge in [-0.2, -0.15) is 0 Å². The zero-order valence-electron chi connectivity index (χ0n) is 22.8. The maximum Gasteiger partial charge on any atom is 0.295 e. The van der Waals surface area contributed by atoms with Crippen molar-refractivity contribution in [1.29, 1.82) is 0 Å². The van der Waals surface area contributed by atoms with Crippen molar-refractivity contribution < 1.29 is 24.2 Å². The predicted octanol–water partition coefficient (Wildman–Crippen LogP) is 6.18. The minimum absolute atomic E-state index is 0.0534. The van der Waals surface area contributed by atoms with Gasteiger partial charge in [-0.1, -0.05) is 54.8 Å². The average molecular weight is 588 g/mol. The van der Waals surface area contributed by atoms with Crippen molar-refractivity contribution >= 4 is 33.4 Å². The molecule has 2 aromatic carbocycles. The van der Waals surface area contributed by atoms with E-state index in [4.69, 9.17) is 9.47 Å². The van der Waals surface area contributed by atoms with Crippen LogP contribution >= 0.6 is 15.9 Å². The lowest BCUT2D eigenvalue weighted by Gasteiger charge is -2.28. The molecule has 7 nitrogen and oxygen atoms in total. The number of aliphatic hydroxyl groups is 1. The van der Waals surface area contributed by atoms with Crippen molar-refractivity contribution in [3.63, 3.8) is 0 Å². The van der Waals surface area contributed by atoms with Gasteiger partial charge in [-0.25, -0.2) is 0 Å². The molecule has 38 heavy (non-hydrogen) atoms. The molecule has 1 heterocycles. The Kier molecular flexibility index (Phi) is 11.2. The third-order valence-corrected chi connectivity index (χ3v) is 7.45. The molecule has 0 radical (unpaired) electrons. The van der Waals surface area contributed by atoms with Crippen molar-refractivity contribution in [2.45, 2.75) is 52.0 Å². The third-order valence-electron chi connectivity index (χ3n) is 6.92. The molecule has 0 spiro atoms. The Labute approximate surface area is 234 Å². The van der Waals surface area contributed by atoms with Gasteiger partial charge in [0.2, 0.25) is 0 Å². The number of amides is 1. The fourth-order valence-electron chi connectivity index (χ4n) is 4.81. The topological polar surface area (TPSA) is 79.3 Å². The van der Waals surface area contributed by atoms with Gasteiger partial charge in [0, 0.05) is 22.1 Å². The first kappa shape index (κ1) is 29.7. The molecule has 0 aliphatic carbocycles. The number of ether oxygens (including phenoxy) is 2. The smallest absolute Gasteiger partial charge is 0.295 e. The summed E-state index contributed by atoms with van der Waals surface area (Å²) in [5.74, 6) is -0.445. The molecular formula is C30H39BrN2O5. The van der Waals surface area contributed by atoms with Crippen LogP contribution in [-0.2, 0) is 9.59 Å². The van der Waals surface area contributed by atoms with E-state index in [0.29, 0.717) is 35.6 Å². The molecule has 2 aromatic rings. The van der Waals surface area contributed by atoms with E-state index in [0.717, 1.165) is 49.8 Å². The molecule has 0 saturated carbocycles. The van der Waals surface area contributed by atoms with Gasteiger partial charge in [0.25, 0.3) is 11.7 Å². The van der Waals surface area contributed by atoms with Gasteiger partial charge < -0.3 is 24.4 Å². The first-order valence-corrected chi connectivity index (χ1v) is 14.1. The summed E-state index contributed by atoms with van der Waals surface area (Å²) < 4.78 is 11.9. The van der Waals surface area contributed by atoms with Crippen LogP contribution in [0.5, 0.6) is 11.5 Å². The summed E-state index contributed by atoms with van der Waals surface area (Å²) in [6.45, 7) is 7.62. The Morgan fingerprint density at radius 2 is 1.58 bits per heavy atom. The van der Waals surface area contributed by atoms with Gasteiger partial charge in [-0.15, -0.1) is 0 Å². The summed E-state index contributed by atoms with van der Waals surface area (Å²) in [4.78, 5) is 30.8. The SMILES string of the molecule is CCCCN(CCCC)CCCN1C(=O)C(=O)/C(=C(/O)c2ccc(Br)cc2)C1c1cc(OC)ccc1OC. The van der Waals surface area contributed by atoms with E-state index < -0.39 is 17.7 Å². The highest BCUT2D eigenvalue weighted by molar-refractivity contribution is 9.10. The number of halogens is 1. The van der Waals surface area contributed by atoms with Crippen LogP contribution in [0.25, 0.3) is 5.76 Å². The van der Waals surface area contributed by atoms with Crippen LogP contribution in [0.3, 0.4) is 0 Å². The highest BCUT2D eigenvalue weighted by atomic mass is 79.9. The standard InChI is InChI=1S/C30H39BrN2O5/c1-5-7-16-32(17-8-6-2)18-9-19-33-27(24-20-23(37-3)14-15-25(24)38-4)26(29(35)30(33)36)28(34)21-10-12-22(31)13-11-21/h10-15,20,27,34H,5-9,16-19H2,1-4H3/b28-26+. The number of likely N-dealkylation sites (tertiary alicyclic amines) is 1. The molecule has 3 rings (SSSR count). The number of carbonyl (C=O) groups excluding carboxylic acids is 2. The largest absolute Gasteiger partial charge is 0.507 e. The second-order valence-corrected chi connectivity index (χ2v) is 10.4. The van der Waals surface area contributed by atoms with E-state index in [9.17, 15) is 14.7 Å². The van der Waals surface area contributed by atoms with Crippen molar-refractivity contribution in [2.24, 2.45) is 0 Å². The van der Waals surface area contributed by atoms with Crippen molar-refractivity contribution in [2.75, 3.05) is 40.4 Å². The van der Waals surface area contributed by atoms with Crippen LogP contribution in [0.15, 0.2) is 52.5 Å². The summed E-state index contributed by atoms with van der Waals surface area (Å²) in [6, 6.07) is 11.5. The van der Waals surface area contributed by atoms with Crippen molar-refractivity contribution in [3.8, 4) is 11.5 Å². The number of nitrogens with zero attached hydrogens (tertiary/aromatic N) is 2. The Morgan fingerprint density at radius 1 is 0.947 bits per heavy atom. The minimum atomic E-state index is -0.802. The average Bonchev–Trinajstić information content (AvgIpc) is 3.18. The molecule has 1 N–H and O–H groups in total. The molecule has 1 fully saturated rings. The maximum atomic E-state index is 13.4. The second-order valence-electron chi connectivity index (χ2n) is 9.51. The van der Waals surface area contributed by atoms with Crippen LogP contribution in [0.2, 0.25) is 0 Å². The van der Waals surface area contributed by atoms with E-state index >= 15 is 0 Å². The third kappa shape index (κ3) is 6.97. The molecule has 1 unspecified atom stereocenters. The van der Waals surface area contributed by atoms with E-state index in [1.807, 2.05) is 0 Å². The molecule has 1 atom stereocenters. The Balaban J connectivity index is 2.02. The maximum absolute atomic E-state index is 13.4. The number of aliphatic hydroxyl groups excluding tert-OH is 1. The number of rotatable bonds is 14. The van der Waals surface area contributed by atoms with E-state index in [2.05, 4.69) is 34.7 Å². The van der Waals surface area contributed by atoms with Gasteiger partial charge >= 0.3 is 0 Å². The number of Topliss-reactive ketones (excluding diaryl/α,β-unsaturated/α-hetero) is 1. The van der Waals surface area contributed by atoms with Crippen LogP contribution in [-0.4, -0.2) is 67.0 Å². The lowest BCUT2D eigenvalue weighted by atomic mass is 9.94. The molecule has 0 aromatic heterocycles. The van der Waals surface area contributed by atoms with E-state index in [1.165, 1.54) is 0 Å². The lowest BCUT2D eigenvalue weighted by molar-refractivity contribution is -0.140. The zero-order chi connectivity index (χ0) is 27.7. The zero-order valence-corrected chi connectivity index (χ0v) is 24.4. The van der Waals surface area contributed by atoms with Gasteiger partial charge in [-0.3, -0.25) is 9.59 Å². The minimum Gasteiger partial charge on any atom is -0.507 e. The highest BCUT2D eigenvalue weighted by Crippen LogP contribution is 2.44. The molecule has 1 aliphatic rings. The lowest BCUT2D eigenvalue weighted by Crippen LogP contribution is -2.34. The molecular weight excluding hydrogens is 548 g/mol. The Hall–Kier alpha value is -2.84. The van der Waals surface area contributed by atoms with Crippen LogP contribution in [0, 0.1) is 0 Å². The first-order chi connectivity index (χ1) is 18.4. The molecule has 1 amide bonds. The molecule has 1 saturated heterocycles. The normalized spacial score (nSPS) is 16.9. The summed E-state index contributed by atoms with van der Waals surface area (Å²) in [6.07, 6.45) is 5.22. The van der Waals surface area contributed by atoms with Gasteiger partial charge in [-0.05, 0) is 69.2 Å². The van der Waals surface area contributed by atoms with Crippen molar-refractivity contribution in [1.82, 2.24) is 9.80 Å². The molecule has 8 heteroatoms. The number of unbranched alkanes of at least 4 members (excludes halogenated alkanes) is 2. The number of ketones is 1. The number of benzene rings is 2. The van der Waals surface area contributed by atoms with Crippen LogP contribution in [0.4, 0.5) is 0 Å².